The van der Waals surface area contributed by atoms with E-state index in [2.05, 4.69) is 43.6 Å². The van der Waals surface area contributed by atoms with Crippen molar-refractivity contribution in [2.75, 3.05) is 12.0 Å². The number of nitrogens with one attached hydrogen (secondary N) is 1. The van der Waals surface area contributed by atoms with Crippen molar-refractivity contribution in [3.8, 4) is 0 Å². The minimum absolute atomic E-state index is 0.494. The van der Waals surface area contributed by atoms with Gasteiger partial charge in [-0.2, -0.15) is 16.9 Å². The highest BCUT2D eigenvalue weighted by Gasteiger charge is 2.12. The molecule has 0 aliphatic rings. The summed E-state index contributed by atoms with van der Waals surface area (Å²) < 4.78 is 1.92. The number of hydrogen-bond donors (Lipinski definition) is 1. The van der Waals surface area contributed by atoms with E-state index in [1.165, 1.54) is 23.4 Å². The molecule has 0 aliphatic carbocycles. The second-order valence-corrected chi connectivity index (χ2v) is 5.72. The largest absolute Gasteiger partial charge is 0.309 e. The van der Waals surface area contributed by atoms with Crippen LogP contribution in [-0.4, -0.2) is 27.8 Å². The Balaban J connectivity index is 2.61. The van der Waals surface area contributed by atoms with E-state index in [1.807, 2.05) is 23.5 Å². The van der Waals surface area contributed by atoms with E-state index >= 15 is 0 Å². The van der Waals surface area contributed by atoms with Gasteiger partial charge in [-0.05, 0) is 18.6 Å². The first-order chi connectivity index (χ1) is 8.08. The maximum Gasteiger partial charge on any atom is 0.0694 e. The topological polar surface area (TPSA) is 29.9 Å². The lowest BCUT2D eigenvalue weighted by molar-refractivity contribution is 0.538. The summed E-state index contributed by atoms with van der Waals surface area (Å²) in [4.78, 5) is 0. The second-order valence-electron chi connectivity index (χ2n) is 4.81. The molecule has 0 radical (unpaired) electrons. The predicted octanol–water partition coefficient (Wildman–Crippen LogP) is 2.77. The van der Waals surface area contributed by atoms with Crippen LogP contribution in [-0.2, 0) is 13.6 Å². The van der Waals surface area contributed by atoms with E-state index in [4.69, 9.17) is 0 Å². The first-order valence-electron chi connectivity index (χ1n) is 6.33. The highest BCUT2D eigenvalue weighted by molar-refractivity contribution is 7.98. The van der Waals surface area contributed by atoms with Crippen molar-refractivity contribution in [3.63, 3.8) is 0 Å². The summed E-state index contributed by atoms with van der Waals surface area (Å²) >= 11 is 1.90. The molecular weight excluding hydrogens is 230 g/mol. The van der Waals surface area contributed by atoms with Crippen LogP contribution < -0.4 is 5.32 Å². The molecule has 1 atom stereocenters. The molecule has 0 aliphatic heterocycles. The SMILES string of the molecule is CCC(CSC)NCc1cn(C)nc1C(C)C. The van der Waals surface area contributed by atoms with Crippen LogP contribution in [0.25, 0.3) is 0 Å². The summed E-state index contributed by atoms with van der Waals surface area (Å²) in [5, 5.41) is 8.15. The van der Waals surface area contributed by atoms with Gasteiger partial charge in [-0.15, -0.1) is 0 Å². The number of rotatable bonds is 7. The second kappa shape index (κ2) is 7.07. The predicted molar refractivity (Wildman–Crippen MR) is 76.6 cm³/mol. The van der Waals surface area contributed by atoms with Gasteiger partial charge in [0.1, 0.15) is 0 Å². The Labute approximate surface area is 109 Å². The lowest BCUT2D eigenvalue weighted by atomic mass is 10.1. The van der Waals surface area contributed by atoms with Crippen LogP contribution >= 0.6 is 11.8 Å². The molecule has 1 aromatic heterocycles. The molecule has 4 heteroatoms. The van der Waals surface area contributed by atoms with Crippen molar-refractivity contribution in [3.05, 3.63) is 17.5 Å². The fraction of sp³-hybridized carbons (Fsp3) is 0.769. The van der Waals surface area contributed by atoms with Crippen LogP contribution in [0.2, 0.25) is 0 Å². The fourth-order valence-electron chi connectivity index (χ4n) is 1.95. The molecule has 0 aromatic carbocycles. The third-order valence-corrected chi connectivity index (χ3v) is 3.66. The highest BCUT2D eigenvalue weighted by Crippen LogP contribution is 2.17. The van der Waals surface area contributed by atoms with Crippen molar-refractivity contribution in [1.82, 2.24) is 15.1 Å². The van der Waals surface area contributed by atoms with Crippen LogP contribution in [0.4, 0.5) is 0 Å². The first-order valence-corrected chi connectivity index (χ1v) is 7.72. The fourth-order valence-corrected chi connectivity index (χ4v) is 2.71. The highest BCUT2D eigenvalue weighted by atomic mass is 32.2. The van der Waals surface area contributed by atoms with E-state index in [-0.39, 0.29) is 0 Å². The zero-order valence-corrected chi connectivity index (χ0v) is 12.5. The van der Waals surface area contributed by atoms with Gasteiger partial charge in [0.05, 0.1) is 5.69 Å². The van der Waals surface area contributed by atoms with Crippen LogP contribution in [0.15, 0.2) is 6.20 Å². The van der Waals surface area contributed by atoms with Crippen LogP contribution in [0, 0.1) is 0 Å². The molecule has 0 spiro atoms. The quantitative estimate of drug-likeness (QED) is 0.812. The monoisotopic (exact) mass is 255 g/mol. The van der Waals surface area contributed by atoms with Gasteiger partial charge >= 0.3 is 0 Å². The lowest BCUT2D eigenvalue weighted by Gasteiger charge is -2.15. The van der Waals surface area contributed by atoms with Gasteiger partial charge in [0, 0.05) is 37.1 Å². The third kappa shape index (κ3) is 4.36. The van der Waals surface area contributed by atoms with Gasteiger partial charge in [-0.1, -0.05) is 20.8 Å². The number of aromatic nitrogens is 2. The van der Waals surface area contributed by atoms with Crippen molar-refractivity contribution in [2.24, 2.45) is 7.05 Å². The van der Waals surface area contributed by atoms with E-state index < -0.39 is 0 Å². The summed E-state index contributed by atoms with van der Waals surface area (Å²) in [7, 11) is 1.99. The number of aryl methyl sites for hydroxylation is 1. The molecule has 0 fully saturated rings. The first kappa shape index (κ1) is 14.6. The average Bonchev–Trinajstić information content (AvgIpc) is 2.66. The Hall–Kier alpha value is -0.480. The van der Waals surface area contributed by atoms with Crippen molar-refractivity contribution in [2.45, 2.75) is 45.7 Å². The van der Waals surface area contributed by atoms with Gasteiger partial charge in [0.2, 0.25) is 0 Å². The van der Waals surface area contributed by atoms with Crippen LogP contribution in [0.5, 0.6) is 0 Å². The molecule has 17 heavy (non-hydrogen) atoms. The molecule has 1 aromatic rings. The van der Waals surface area contributed by atoms with Crippen LogP contribution in [0.3, 0.4) is 0 Å². The molecule has 0 amide bonds. The average molecular weight is 255 g/mol. The maximum absolute atomic E-state index is 4.53. The standard InChI is InChI=1S/C13H25N3S/c1-6-12(9-17-5)14-7-11-8-16(4)15-13(11)10(2)3/h8,10,12,14H,6-7,9H2,1-5H3. The lowest BCUT2D eigenvalue weighted by Crippen LogP contribution is -2.30. The summed E-state index contributed by atoms with van der Waals surface area (Å²) in [5.41, 5.74) is 2.56. The molecule has 1 N–H and O–H groups in total. The van der Waals surface area contributed by atoms with Gasteiger partial charge < -0.3 is 5.32 Å². The minimum atomic E-state index is 0.494. The van der Waals surface area contributed by atoms with Gasteiger partial charge in [-0.3, -0.25) is 4.68 Å². The zero-order valence-electron chi connectivity index (χ0n) is 11.7. The summed E-state index contributed by atoms with van der Waals surface area (Å²) in [6.45, 7) is 7.57. The molecule has 3 nitrogen and oxygen atoms in total. The number of thioether (sulfide) groups is 1. The molecule has 1 unspecified atom stereocenters. The Morgan fingerprint density at radius 2 is 2.18 bits per heavy atom. The van der Waals surface area contributed by atoms with Gasteiger partial charge in [0.25, 0.3) is 0 Å². The Bertz CT molecular complexity index is 333. The summed E-state index contributed by atoms with van der Waals surface area (Å²) in [5.74, 6) is 1.67. The van der Waals surface area contributed by atoms with Gasteiger partial charge in [0.15, 0.2) is 0 Å². The van der Waals surface area contributed by atoms with E-state index in [1.54, 1.807) is 0 Å². The molecular formula is C13H25N3S. The molecule has 1 heterocycles. The van der Waals surface area contributed by atoms with Crippen LogP contribution in [0.1, 0.15) is 44.4 Å². The van der Waals surface area contributed by atoms with E-state index in [9.17, 15) is 0 Å². The van der Waals surface area contributed by atoms with E-state index in [0.29, 0.717) is 12.0 Å². The van der Waals surface area contributed by atoms with Crippen molar-refractivity contribution < 1.29 is 0 Å². The number of nitrogens with zero attached hydrogens (tertiary/aromatic N) is 2. The Morgan fingerprint density at radius 1 is 1.47 bits per heavy atom. The zero-order chi connectivity index (χ0) is 12.8. The molecule has 0 saturated carbocycles. The third-order valence-electron chi connectivity index (χ3n) is 2.93. The molecule has 98 valence electrons. The normalized spacial score (nSPS) is 13.3. The maximum atomic E-state index is 4.53. The summed E-state index contributed by atoms with van der Waals surface area (Å²) in [6.07, 6.45) is 5.47. The summed E-state index contributed by atoms with van der Waals surface area (Å²) in [6, 6.07) is 0.602. The molecule has 1 rings (SSSR count). The Kier molecular flexibility index (Phi) is 6.06. The molecule has 0 bridgehead atoms. The van der Waals surface area contributed by atoms with Gasteiger partial charge in [-0.25, -0.2) is 0 Å². The smallest absolute Gasteiger partial charge is 0.0694 e. The molecule has 0 saturated heterocycles. The minimum Gasteiger partial charge on any atom is -0.309 e. The Morgan fingerprint density at radius 3 is 2.71 bits per heavy atom. The van der Waals surface area contributed by atoms with Crippen molar-refractivity contribution in [1.29, 1.82) is 0 Å². The van der Waals surface area contributed by atoms with E-state index in [0.717, 1.165) is 6.54 Å². The number of hydrogen-bond acceptors (Lipinski definition) is 3. The van der Waals surface area contributed by atoms with Crippen molar-refractivity contribution >= 4 is 11.8 Å².